The van der Waals surface area contributed by atoms with E-state index >= 15 is 0 Å². The van der Waals surface area contributed by atoms with Gasteiger partial charge in [-0.05, 0) is 6.42 Å². The molecule has 0 aromatic heterocycles. The van der Waals surface area contributed by atoms with Crippen LogP contribution >= 0.6 is 11.6 Å². The molecule has 1 atom stereocenters. The number of unbranched alkanes of at least 4 members (excludes halogenated alkanes) is 2. The molecule has 0 heterocycles. The zero-order valence-electron chi connectivity index (χ0n) is 7.10. The maximum Gasteiger partial charge on any atom is 0.323 e. The third kappa shape index (κ3) is 5.08. The summed E-state index contributed by atoms with van der Waals surface area (Å²) in [5.41, 5.74) is 0. The summed E-state index contributed by atoms with van der Waals surface area (Å²) < 4.78 is 4.47. The summed E-state index contributed by atoms with van der Waals surface area (Å²) >= 11 is 5.69. The molecule has 66 valence electrons. The van der Waals surface area contributed by atoms with Crippen LogP contribution in [-0.4, -0.2) is 18.5 Å². The highest BCUT2D eigenvalue weighted by Crippen LogP contribution is 2.09. The smallest absolute Gasteiger partial charge is 0.323 e. The molecule has 0 unspecified atom stereocenters. The highest BCUT2D eigenvalue weighted by molar-refractivity contribution is 6.29. The summed E-state index contributed by atoms with van der Waals surface area (Å²) in [6.45, 7) is 2.11. The van der Waals surface area contributed by atoms with E-state index in [4.69, 9.17) is 11.6 Å². The minimum atomic E-state index is -0.452. The van der Waals surface area contributed by atoms with Crippen molar-refractivity contribution in [3.8, 4) is 0 Å². The van der Waals surface area contributed by atoms with Crippen molar-refractivity contribution < 1.29 is 9.53 Å². The highest BCUT2D eigenvalue weighted by atomic mass is 35.5. The van der Waals surface area contributed by atoms with Crippen LogP contribution in [0.2, 0.25) is 0 Å². The quantitative estimate of drug-likeness (QED) is 0.367. The Labute approximate surface area is 72.9 Å². The largest absolute Gasteiger partial charge is 0.468 e. The van der Waals surface area contributed by atoms with Gasteiger partial charge < -0.3 is 4.74 Å². The van der Waals surface area contributed by atoms with Gasteiger partial charge in [0, 0.05) is 0 Å². The van der Waals surface area contributed by atoms with Crippen LogP contribution in [0.4, 0.5) is 0 Å². The van der Waals surface area contributed by atoms with Crippen LogP contribution < -0.4 is 0 Å². The summed E-state index contributed by atoms with van der Waals surface area (Å²) in [6.07, 6.45) is 3.99. The van der Waals surface area contributed by atoms with Crippen molar-refractivity contribution in [1.29, 1.82) is 0 Å². The number of esters is 1. The zero-order chi connectivity index (χ0) is 8.69. The number of halogens is 1. The van der Waals surface area contributed by atoms with Crippen molar-refractivity contribution in [3.63, 3.8) is 0 Å². The fourth-order valence-corrected chi connectivity index (χ4v) is 1.06. The molecule has 0 saturated carbocycles. The molecule has 3 heteroatoms. The van der Waals surface area contributed by atoms with E-state index in [0.29, 0.717) is 0 Å². The van der Waals surface area contributed by atoms with E-state index < -0.39 is 5.38 Å². The molecule has 0 radical (unpaired) electrons. The lowest BCUT2D eigenvalue weighted by Gasteiger charge is -2.05. The average molecular weight is 179 g/mol. The van der Waals surface area contributed by atoms with Crippen LogP contribution in [0.1, 0.15) is 32.6 Å². The summed E-state index contributed by atoms with van der Waals surface area (Å²) in [4.78, 5) is 10.8. The third-order valence-corrected chi connectivity index (χ3v) is 1.91. The minimum Gasteiger partial charge on any atom is -0.468 e. The molecule has 0 aromatic rings. The van der Waals surface area contributed by atoms with Crippen LogP contribution in [-0.2, 0) is 9.53 Å². The van der Waals surface area contributed by atoms with E-state index in [0.717, 1.165) is 25.7 Å². The summed E-state index contributed by atoms with van der Waals surface area (Å²) in [5.74, 6) is -0.317. The van der Waals surface area contributed by atoms with Gasteiger partial charge in [-0.2, -0.15) is 0 Å². The number of carbonyl (C=O) groups excluding carboxylic acids is 1. The molecule has 0 amide bonds. The number of carbonyl (C=O) groups is 1. The number of rotatable bonds is 5. The molecule has 0 rings (SSSR count). The van der Waals surface area contributed by atoms with Gasteiger partial charge in [0.05, 0.1) is 7.11 Å². The van der Waals surface area contributed by atoms with Crippen molar-refractivity contribution in [2.45, 2.75) is 38.0 Å². The first-order valence-corrected chi connectivity index (χ1v) is 4.38. The Balaban J connectivity index is 3.36. The van der Waals surface area contributed by atoms with Crippen LogP contribution in [0.3, 0.4) is 0 Å². The number of hydrogen-bond acceptors (Lipinski definition) is 2. The Morgan fingerprint density at radius 1 is 1.55 bits per heavy atom. The van der Waals surface area contributed by atoms with Gasteiger partial charge in [0.25, 0.3) is 0 Å². The predicted molar refractivity (Wildman–Crippen MR) is 45.8 cm³/mol. The third-order valence-electron chi connectivity index (χ3n) is 1.52. The molecule has 0 spiro atoms. The van der Waals surface area contributed by atoms with Crippen LogP contribution in [0.15, 0.2) is 0 Å². The van der Waals surface area contributed by atoms with Gasteiger partial charge in [-0.15, -0.1) is 11.6 Å². The predicted octanol–water partition coefficient (Wildman–Crippen LogP) is 2.35. The van der Waals surface area contributed by atoms with Crippen molar-refractivity contribution in [3.05, 3.63) is 0 Å². The molecule has 2 nitrogen and oxygen atoms in total. The van der Waals surface area contributed by atoms with E-state index in [9.17, 15) is 4.79 Å². The van der Waals surface area contributed by atoms with E-state index in [1.165, 1.54) is 7.11 Å². The normalized spacial score (nSPS) is 12.6. The first kappa shape index (κ1) is 10.8. The molecule has 0 aliphatic carbocycles. The first-order chi connectivity index (χ1) is 5.22. The molecular weight excluding hydrogens is 164 g/mol. The van der Waals surface area contributed by atoms with Gasteiger partial charge in [-0.25, -0.2) is 0 Å². The van der Waals surface area contributed by atoms with Crippen molar-refractivity contribution in [2.75, 3.05) is 7.11 Å². The summed E-state index contributed by atoms with van der Waals surface area (Å²) in [5, 5.41) is -0.452. The second kappa shape index (κ2) is 6.47. The van der Waals surface area contributed by atoms with Crippen LogP contribution in [0.25, 0.3) is 0 Å². The number of methoxy groups -OCH3 is 1. The highest BCUT2D eigenvalue weighted by Gasteiger charge is 2.13. The number of ether oxygens (including phenoxy) is 1. The Morgan fingerprint density at radius 2 is 2.18 bits per heavy atom. The standard InChI is InChI=1S/C8H15ClO2/c1-3-4-5-6-7(9)8(10)11-2/h7H,3-6H2,1-2H3/t7-/m1/s1. The van der Waals surface area contributed by atoms with Crippen LogP contribution in [0.5, 0.6) is 0 Å². The minimum absolute atomic E-state index is 0.317. The zero-order valence-corrected chi connectivity index (χ0v) is 7.86. The second-order valence-electron chi connectivity index (χ2n) is 2.49. The monoisotopic (exact) mass is 178 g/mol. The Morgan fingerprint density at radius 3 is 2.64 bits per heavy atom. The van der Waals surface area contributed by atoms with Crippen LogP contribution in [0, 0.1) is 0 Å². The van der Waals surface area contributed by atoms with E-state index in [1.807, 2.05) is 0 Å². The fourth-order valence-electron chi connectivity index (χ4n) is 0.819. The van der Waals surface area contributed by atoms with Gasteiger partial charge in [-0.3, -0.25) is 4.79 Å². The average Bonchev–Trinajstić information content (AvgIpc) is 2.03. The molecule has 0 aliphatic rings. The van der Waals surface area contributed by atoms with Gasteiger partial charge in [0.1, 0.15) is 5.38 Å². The molecule has 0 fully saturated rings. The molecule has 0 saturated heterocycles. The molecule has 0 aliphatic heterocycles. The van der Waals surface area contributed by atoms with E-state index in [2.05, 4.69) is 11.7 Å². The van der Waals surface area contributed by atoms with E-state index in [-0.39, 0.29) is 5.97 Å². The maximum absolute atomic E-state index is 10.8. The van der Waals surface area contributed by atoms with Crippen molar-refractivity contribution in [1.82, 2.24) is 0 Å². The topological polar surface area (TPSA) is 26.3 Å². The maximum atomic E-state index is 10.8. The SMILES string of the molecule is CCCCC[C@@H](Cl)C(=O)OC. The molecule has 11 heavy (non-hydrogen) atoms. The summed E-state index contributed by atoms with van der Waals surface area (Å²) in [7, 11) is 1.36. The van der Waals surface area contributed by atoms with E-state index in [1.54, 1.807) is 0 Å². The Bertz CT molecular complexity index is 115. The van der Waals surface area contributed by atoms with Gasteiger partial charge >= 0.3 is 5.97 Å². The van der Waals surface area contributed by atoms with Gasteiger partial charge in [0.15, 0.2) is 0 Å². The Hall–Kier alpha value is -0.240. The van der Waals surface area contributed by atoms with Crippen molar-refractivity contribution in [2.24, 2.45) is 0 Å². The summed E-state index contributed by atoms with van der Waals surface area (Å²) in [6, 6.07) is 0. The number of alkyl halides is 1. The lowest BCUT2D eigenvalue weighted by Crippen LogP contribution is -2.15. The number of hydrogen-bond donors (Lipinski definition) is 0. The molecule has 0 aromatic carbocycles. The molecule has 0 N–H and O–H groups in total. The van der Waals surface area contributed by atoms with Gasteiger partial charge in [0.2, 0.25) is 0 Å². The lowest BCUT2D eigenvalue weighted by molar-refractivity contribution is -0.140. The van der Waals surface area contributed by atoms with Gasteiger partial charge in [-0.1, -0.05) is 26.2 Å². The first-order valence-electron chi connectivity index (χ1n) is 3.94. The fraction of sp³-hybridized carbons (Fsp3) is 0.875. The van der Waals surface area contributed by atoms with Crippen molar-refractivity contribution >= 4 is 17.6 Å². The lowest BCUT2D eigenvalue weighted by atomic mass is 10.1. The molecule has 0 bridgehead atoms. The Kier molecular flexibility index (Phi) is 6.33. The molecular formula is C8H15ClO2. The second-order valence-corrected chi connectivity index (χ2v) is 3.01.